The van der Waals surface area contributed by atoms with Gasteiger partial charge in [-0.15, -0.1) is 0 Å². The van der Waals surface area contributed by atoms with E-state index in [9.17, 15) is 59.6 Å². The van der Waals surface area contributed by atoms with Crippen LogP contribution in [0.3, 0.4) is 0 Å². The number of aliphatic hydroxyl groups is 7. The van der Waals surface area contributed by atoms with Crippen LogP contribution < -0.4 is 11.1 Å². The molecule has 1 heterocycles. The van der Waals surface area contributed by atoms with Crippen LogP contribution >= 0.6 is 7.82 Å². The van der Waals surface area contributed by atoms with Crippen molar-refractivity contribution < 1.29 is 87.6 Å². The van der Waals surface area contributed by atoms with Gasteiger partial charge in [0.05, 0.1) is 13.2 Å². The predicted molar refractivity (Wildman–Crippen MR) is 255 cm³/mol. The number of nitrogens with one attached hydrogen (secondary N) is 1. The van der Waals surface area contributed by atoms with Crippen molar-refractivity contribution in [2.24, 2.45) is 5.73 Å². The van der Waals surface area contributed by atoms with Crippen LogP contribution in [0.4, 0.5) is 4.79 Å². The van der Waals surface area contributed by atoms with Crippen molar-refractivity contribution in [3.05, 3.63) is 0 Å². The number of unbranched alkanes of at least 4 members (excludes halogenated alkanes) is 24. The first-order chi connectivity index (χ1) is 33.1. The molecule has 2 rings (SSSR count). The summed E-state index contributed by atoms with van der Waals surface area (Å²) in [7, 11) is -5.41. The lowest BCUT2D eigenvalue weighted by Crippen LogP contribution is -2.69. The van der Waals surface area contributed by atoms with Crippen LogP contribution in [0.25, 0.3) is 0 Å². The first kappa shape index (κ1) is 63.1. The van der Waals surface area contributed by atoms with Gasteiger partial charge in [-0.1, -0.05) is 168 Å². The highest BCUT2D eigenvalue weighted by atomic mass is 31.2. The first-order valence-corrected chi connectivity index (χ1v) is 27.6. The van der Waals surface area contributed by atoms with Crippen molar-refractivity contribution in [2.75, 3.05) is 19.8 Å². The number of esters is 2. The number of phosphoric ester groups is 1. The molecule has 69 heavy (non-hydrogen) atoms. The van der Waals surface area contributed by atoms with Gasteiger partial charge in [0.15, 0.2) is 12.4 Å². The van der Waals surface area contributed by atoms with Gasteiger partial charge in [-0.25, -0.2) is 9.36 Å². The van der Waals surface area contributed by atoms with Crippen LogP contribution in [-0.4, -0.2) is 152 Å². The third kappa shape index (κ3) is 26.0. The fourth-order valence-electron chi connectivity index (χ4n) is 8.69. The number of carbonyl (C=O) groups is 3. The number of rotatable bonds is 40. The molecule has 1 aliphatic heterocycles. The number of hydrogen-bond donors (Lipinski definition) is 10. The van der Waals surface area contributed by atoms with Crippen molar-refractivity contribution in [1.29, 1.82) is 0 Å². The van der Waals surface area contributed by atoms with Gasteiger partial charge in [0.1, 0.15) is 67.6 Å². The van der Waals surface area contributed by atoms with Crippen LogP contribution in [0.2, 0.25) is 0 Å². The minimum absolute atomic E-state index is 0.0253. The fourth-order valence-corrected chi connectivity index (χ4v) is 9.66. The Morgan fingerprint density at radius 3 is 1.43 bits per heavy atom. The van der Waals surface area contributed by atoms with E-state index >= 15 is 0 Å². The Hall–Kier alpha value is -2.04. The third-order valence-electron chi connectivity index (χ3n) is 12.9. The Balaban J connectivity index is 2.02. The topological polar surface area (TPSA) is 324 Å². The second-order valence-electron chi connectivity index (χ2n) is 18.9. The molecule has 0 aromatic heterocycles. The van der Waals surface area contributed by atoms with Gasteiger partial charge in [0, 0.05) is 12.8 Å². The Labute approximate surface area is 410 Å². The molecule has 1 aliphatic carbocycles. The molecule has 406 valence electrons. The van der Waals surface area contributed by atoms with Gasteiger partial charge in [-0.05, 0) is 12.8 Å². The molecule has 21 heteroatoms. The van der Waals surface area contributed by atoms with E-state index in [-0.39, 0.29) is 12.8 Å². The predicted octanol–water partition coefficient (Wildman–Crippen LogP) is 5.22. The minimum Gasteiger partial charge on any atom is -0.462 e. The molecule has 2 aliphatic rings. The summed E-state index contributed by atoms with van der Waals surface area (Å²) in [6.07, 6.45) is 7.72. The van der Waals surface area contributed by atoms with Crippen molar-refractivity contribution in [3.63, 3.8) is 0 Å². The number of carbonyl (C=O) groups excluding carboxylic acids is 3. The smallest absolute Gasteiger partial charge is 0.462 e. The van der Waals surface area contributed by atoms with Crippen LogP contribution in [-0.2, 0) is 42.1 Å². The van der Waals surface area contributed by atoms with Crippen LogP contribution in [0.15, 0.2) is 0 Å². The monoisotopic (exact) mass is 1010 g/mol. The molecule has 11 N–H and O–H groups in total. The number of urea groups is 1. The van der Waals surface area contributed by atoms with Crippen LogP contribution in [0.5, 0.6) is 0 Å². The van der Waals surface area contributed by atoms with E-state index in [4.69, 9.17) is 33.7 Å². The number of primary amides is 1. The summed E-state index contributed by atoms with van der Waals surface area (Å²) in [4.78, 5) is 48.5. The number of phosphoric acid groups is 1. The summed E-state index contributed by atoms with van der Waals surface area (Å²) in [6, 6.07) is -2.93. The summed E-state index contributed by atoms with van der Waals surface area (Å²) >= 11 is 0. The SMILES string of the molecule is CCCCCCCCCCCCCCCC(=O)OC[C@H](COP(=O)(O)O[C@@H]1[C@H](O)[C@H](O)[C@@H](O)[C@H](O)[C@H]1O[C@H]1O[C@H](CO)[C@@H](O)[C@H](O)[C@H]1NC(N)=O)OC(=O)CCCCCCCCCCCCCCC. The molecule has 1 saturated carbocycles. The highest BCUT2D eigenvalue weighted by Gasteiger charge is 2.55. The number of aliphatic hydroxyl groups excluding tert-OH is 7. The van der Waals surface area contributed by atoms with E-state index in [2.05, 4.69) is 19.2 Å². The molecule has 0 spiro atoms. The van der Waals surface area contributed by atoms with E-state index in [0.29, 0.717) is 12.8 Å². The standard InChI is InChI=1S/C48H91N2O18P/c1-3-5-7-9-11-13-15-17-19-21-23-25-27-29-36(52)63-32-34(65-37(53)30-28-26-24-22-20-18-16-14-12-10-8-6-4-2)33-64-69(61,62)68-46-44(59)42(57)41(56)43(58)45(46)67-47-38(50-48(49)60)40(55)39(54)35(31-51)66-47/h34-35,38-47,51,54-59H,3-33H2,1-2H3,(H,61,62)(H3,49,50,60)/t34-,35-,38-,39-,40-,41-,42-,43+,44-,45-,46-,47-/m1/s1. The van der Waals surface area contributed by atoms with E-state index in [1.807, 2.05) is 0 Å². The van der Waals surface area contributed by atoms with Gasteiger partial charge in [-0.2, -0.15) is 0 Å². The highest BCUT2D eigenvalue weighted by molar-refractivity contribution is 7.47. The molecule has 2 fully saturated rings. The van der Waals surface area contributed by atoms with Crippen molar-refractivity contribution >= 4 is 25.8 Å². The zero-order valence-corrected chi connectivity index (χ0v) is 42.4. The van der Waals surface area contributed by atoms with Crippen molar-refractivity contribution in [2.45, 2.75) is 267 Å². The Bertz CT molecular complexity index is 1420. The molecule has 2 amide bonds. The van der Waals surface area contributed by atoms with E-state index < -0.39 is 119 Å². The van der Waals surface area contributed by atoms with Gasteiger partial charge in [-0.3, -0.25) is 18.6 Å². The number of nitrogens with two attached hydrogens (primary N) is 1. The summed E-state index contributed by atoms with van der Waals surface area (Å²) in [5, 5.41) is 75.8. The highest BCUT2D eigenvalue weighted by Crippen LogP contribution is 2.48. The summed E-state index contributed by atoms with van der Waals surface area (Å²) in [5.74, 6) is -1.23. The third-order valence-corrected chi connectivity index (χ3v) is 13.9. The molecule has 20 nitrogen and oxygen atoms in total. The second-order valence-corrected chi connectivity index (χ2v) is 20.3. The molecule has 1 saturated heterocycles. The second kappa shape index (κ2) is 36.8. The van der Waals surface area contributed by atoms with Gasteiger partial charge in [0.25, 0.3) is 0 Å². The Kier molecular flexibility index (Phi) is 33.6. The maximum Gasteiger partial charge on any atom is 0.472 e. The lowest BCUT2D eigenvalue weighted by molar-refractivity contribution is -0.317. The molecule has 0 radical (unpaired) electrons. The number of ether oxygens (including phenoxy) is 4. The molecule has 0 bridgehead atoms. The van der Waals surface area contributed by atoms with Crippen molar-refractivity contribution in [1.82, 2.24) is 5.32 Å². The molecule has 1 unspecified atom stereocenters. The summed E-state index contributed by atoms with van der Waals surface area (Å²) in [5.41, 5.74) is 5.22. The van der Waals surface area contributed by atoms with E-state index in [1.165, 1.54) is 103 Å². The number of hydrogen-bond acceptors (Lipinski definition) is 17. The average Bonchev–Trinajstić information content (AvgIpc) is 3.32. The zero-order valence-electron chi connectivity index (χ0n) is 41.5. The average molecular weight is 1020 g/mol. The normalized spacial score (nSPS) is 27.4. The van der Waals surface area contributed by atoms with Crippen LogP contribution in [0, 0.1) is 0 Å². The van der Waals surface area contributed by atoms with Gasteiger partial charge >= 0.3 is 25.8 Å². The summed E-state index contributed by atoms with van der Waals surface area (Å²) < 4.78 is 46.0. The molecular formula is C48H91N2O18P. The van der Waals surface area contributed by atoms with Gasteiger partial charge in [0.2, 0.25) is 0 Å². The molecule has 0 aromatic rings. The van der Waals surface area contributed by atoms with E-state index in [1.54, 1.807) is 0 Å². The van der Waals surface area contributed by atoms with E-state index in [0.717, 1.165) is 51.4 Å². The van der Waals surface area contributed by atoms with Gasteiger partial charge < -0.3 is 70.6 Å². The fraction of sp³-hybridized carbons (Fsp3) is 0.938. The maximum absolute atomic E-state index is 13.5. The minimum atomic E-state index is -5.41. The Morgan fingerprint density at radius 2 is 1.00 bits per heavy atom. The van der Waals surface area contributed by atoms with Crippen molar-refractivity contribution in [3.8, 4) is 0 Å². The first-order valence-electron chi connectivity index (χ1n) is 26.1. The maximum atomic E-state index is 13.5. The zero-order chi connectivity index (χ0) is 51.0. The quantitative estimate of drug-likeness (QED) is 0.0214. The lowest BCUT2D eigenvalue weighted by Gasteiger charge is -2.47. The lowest BCUT2D eigenvalue weighted by atomic mass is 9.84. The largest absolute Gasteiger partial charge is 0.472 e. The molecular weight excluding hydrogens is 923 g/mol. The Morgan fingerprint density at radius 1 is 0.580 bits per heavy atom. The molecule has 13 atom stereocenters. The number of amides is 2. The molecule has 0 aromatic carbocycles. The summed E-state index contributed by atoms with van der Waals surface area (Å²) in [6.45, 7) is 2.16. The van der Waals surface area contributed by atoms with Crippen LogP contribution in [0.1, 0.15) is 194 Å².